The highest BCUT2D eigenvalue weighted by atomic mass is 35.5. The molecule has 4 rings (SSSR count). The summed E-state index contributed by atoms with van der Waals surface area (Å²) in [6.45, 7) is 2.29. The van der Waals surface area contributed by atoms with Gasteiger partial charge in [-0.05, 0) is 42.4 Å². The molecule has 0 bridgehead atoms. The standard InChI is InChI=1S/C21H21ClF3N3O3/c1-12(29)18-5-6-28(26-18)20(30)27-9-14-7-16(8-15(14)10-27)31-11-13-3-2-4-17(22)19(13)21(23,24)25/h2-6,14-16H,7-11H2,1H3/t14-,15+,16?. The molecule has 2 fully saturated rings. The highest BCUT2D eigenvalue weighted by Crippen LogP contribution is 2.41. The summed E-state index contributed by atoms with van der Waals surface area (Å²) in [6, 6.07) is 5.30. The number of nitrogens with zero attached hydrogens (tertiary/aromatic N) is 3. The maximum atomic E-state index is 13.3. The van der Waals surface area contributed by atoms with Gasteiger partial charge >= 0.3 is 12.2 Å². The highest BCUT2D eigenvalue weighted by Gasteiger charge is 2.43. The summed E-state index contributed by atoms with van der Waals surface area (Å²) in [4.78, 5) is 25.7. The zero-order chi connectivity index (χ0) is 22.3. The van der Waals surface area contributed by atoms with E-state index in [-0.39, 0.29) is 52.6 Å². The van der Waals surface area contributed by atoms with Gasteiger partial charge in [0.2, 0.25) is 0 Å². The molecule has 2 aliphatic rings. The van der Waals surface area contributed by atoms with Crippen LogP contribution in [0.2, 0.25) is 5.02 Å². The lowest BCUT2D eigenvalue weighted by Gasteiger charge is -2.20. The second kappa shape index (κ2) is 8.27. The second-order valence-corrected chi connectivity index (χ2v) is 8.49. The van der Waals surface area contributed by atoms with Gasteiger partial charge in [-0.1, -0.05) is 23.7 Å². The van der Waals surface area contributed by atoms with Crippen molar-refractivity contribution >= 4 is 23.4 Å². The number of alkyl halides is 3. The van der Waals surface area contributed by atoms with E-state index in [1.54, 1.807) is 4.90 Å². The van der Waals surface area contributed by atoms with Gasteiger partial charge in [0.15, 0.2) is 5.78 Å². The number of amides is 1. The summed E-state index contributed by atoms with van der Waals surface area (Å²) in [6.07, 6.45) is -1.88. The van der Waals surface area contributed by atoms with Crippen molar-refractivity contribution in [3.05, 3.63) is 52.3 Å². The largest absolute Gasteiger partial charge is 0.418 e. The number of halogens is 4. The van der Waals surface area contributed by atoms with Gasteiger partial charge in [0.05, 0.1) is 23.3 Å². The molecule has 2 aromatic rings. The van der Waals surface area contributed by atoms with Crippen molar-refractivity contribution < 1.29 is 27.5 Å². The molecule has 1 aromatic carbocycles. The smallest absolute Gasteiger partial charge is 0.374 e. The van der Waals surface area contributed by atoms with Gasteiger partial charge in [0.25, 0.3) is 0 Å². The van der Waals surface area contributed by atoms with Crippen molar-refractivity contribution in [2.45, 2.75) is 38.7 Å². The number of hydrogen-bond acceptors (Lipinski definition) is 4. The second-order valence-electron chi connectivity index (χ2n) is 8.09. The van der Waals surface area contributed by atoms with E-state index in [0.717, 1.165) is 0 Å². The Bertz CT molecular complexity index is 993. The number of likely N-dealkylation sites (tertiary alicyclic amines) is 1. The van der Waals surface area contributed by atoms with Crippen LogP contribution in [0.5, 0.6) is 0 Å². The topological polar surface area (TPSA) is 64.4 Å². The van der Waals surface area contributed by atoms with Gasteiger partial charge in [-0.15, -0.1) is 0 Å². The first-order valence-electron chi connectivity index (χ1n) is 9.95. The fourth-order valence-electron chi connectivity index (χ4n) is 4.51. The average Bonchev–Trinajstić information content (AvgIpc) is 3.39. The molecule has 0 radical (unpaired) electrons. The summed E-state index contributed by atoms with van der Waals surface area (Å²) >= 11 is 5.76. The van der Waals surface area contributed by atoms with E-state index >= 15 is 0 Å². The molecule has 10 heteroatoms. The zero-order valence-corrected chi connectivity index (χ0v) is 17.5. The van der Waals surface area contributed by atoms with Crippen LogP contribution >= 0.6 is 11.6 Å². The lowest BCUT2D eigenvalue weighted by molar-refractivity contribution is -0.139. The van der Waals surface area contributed by atoms with E-state index in [1.165, 1.54) is 42.1 Å². The van der Waals surface area contributed by atoms with E-state index in [4.69, 9.17) is 16.3 Å². The van der Waals surface area contributed by atoms with E-state index in [1.807, 2.05) is 0 Å². The van der Waals surface area contributed by atoms with Crippen LogP contribution in [-0.4, -0.2) is 45.7 Å². The number of carbonyl (C=O) groups excluding carboxylic acids is 2. The van der Waals surface area contributed by atoms with Crippen LogP contribution in [0.3, 0.4) is 0 Å². The van der Waals surface area contributed by atoms with Crippen LogP contribution in [0.1, 0.15) is 41.4 Å². The molecule has 6 nitrogen and oxygen atoms in total. The predicted octanol–water partition coefficient (Wildman–Crippen LogP) is 4.65. The Morgan fingerprint density at radius 3 is 2.45 bits per heavy atom. The molecule has 1 unspecified atom stereocenters. The number of carbonyl (C=O) groups is 2. The number of aromatic nitrogens is 2. The normalized spacial score (nSPS) is 23.3. The third-order valence-corrected chi connectivity index (χ3v) is 6.30. The molecule has 1 saturated carbocycles. The van der Waals surface area contributed by atoms with Gasteiger partial charge in [0, 0.05) is 26.2 Å². The molecular formula is C21H21ClF3N3O3. The van der Waals surface area contributed by atoms with Gasteiger partial charge in [-0.2, -0.15) is 23.0 Å². The first-order valence-corrected chi connectivity index (χ1v) is 10.3. The van der Waals surface area contributed by atoms with E-state index in [9.17, 15) is 22.8 Å². The van der Waals surface area contributed by atoms with Crippen LogP contribution in [-0.2, 0) is 17.5 Å². The number of Topliss-reactive ketones (excluding diaryl/α,β-unsaturated/α-hetero) is 1. The summed E-state index contributed by atoms with van der Waals surface area (Å²) in [7, 11) is 0. The Labute approximate surface area is 181 Å². The van der Waals surface area contributed by atoms with E-state index in [2.05, 4.69) is 5.10 Å². The molecule has 1 amide bonds. The number of benzene rings is 1. The summed E-state index contributed by atoms with van der Waals surface area (Å²) < 4.78 is 46.9. The first-order chi connectivity index (χ1) is 14.6. The maximum Gasteiger partial charge on any atom is 0.418 e. The minimum atomic E-state index is -4.54. The molecule has 1 saturated heterocycles. The van der Waals surface area contributed by atoms with Crippen molar-refractivity contribution in [2.24, 2.45) is 11.8 Å². The Morgan fingerprint density at radius 1 is 1.19 bits per heavy atom. The third kappa shape index (κ3) is 4.48. The Hall–Kier alpha value is -2.39. The highest BCUT2D eigenvalue weighted by molar-refractivity contribution is 6.31. The van der Waals surface area contributed by atoms with E-state index in [0.29, 0.717) is 25.9 Å². The quantitative estimate of drug-likeness (QED) is 0.629. The molecule has 0 spiro atoms. The minimum Gasteiger partial charge on any atom is -0.374 e. The van der Waals surface area contributed by atoms with Crippen LogP contribution in [0, 0.1) is 11.8 Å². The molecule has 2 heterocycles. The van der Waals surface area contributed by atoms with Crippen LogP contribution < -0.4 is 0 Å². The number of fused-ring (bicyclic) bond motifs is 1. The van der Waals surface area contributed by atoms with Crippen molar-refractivity contribution in [1.82, 2.24) is 14.7 Å². The number of ketones is 1. The van der Waals surface area contributed by atoms with Crippen LogP contribution in [0.15, 0.2) is 30.5 Å². The SMILES string of the molecule is CC(=O)c1ccn(C(=O)N2C[C@H]3CC(OCc4cccc(Cl)c4C(F)(F)F)C[C@H]3C2)n1. The monoisotopic (exact) mass is 455 g/mol. The Morgan fingerprint density at radius 2 is 1.87 bits per heavy atom. The van der Waals surface area contributed by atoms with Crippen molar-refractivity contribution in [3.8, 4) is 0 Å². The molecule has 1 aliphatic heterocycles. The fraction of sp³-hybridized carbons (Fsp3) is 0.476. The van der Waals surface area contributed by atoms with Gasteiger partial charge in [0.1, 0.15) is 5.69 Å². The van der Waals surface area contributed by atoms with E-state index < -0.39 is 11.7 Å². The summed E-state index contributed by atoms with van der Waals surface area (Å²) in [5.41, 5.74) is -0.593. The lowest BCUT2D eigenvalue weighted by atomic mass is 10.0. The van der Waals surface area contributed by atoms with Crippen molar-refractivity contribution in [2.75, 3.05) is 13.1 Å². The zero-order valence-electron chi connectivity index (χ0n) is 16.7. The van der Waals surface area contributed by atoms with Crippen LogP contribution in [0.25, 0.3) is 0 Å². The Kier molecular flexibility index (Phi) is 5.83. The molecule has 31 heavy (non-hydrogen) atoms. The summed E-state index contributed by atoms with van der Waals surface area (Å²) in [5, 5.41) is 3.67. The fourth-order valence-corrected chi connectivity index (χ4v) is 4.82. The number of hydrogen-bond donors (Lipinski definition) is 0. The van der Waals surface area contributed by atoms with Gasteiger partial charge in [-0.3, -0.25) is 4.79 Å². The Balaban J connectivity index is 1.34. The number of rotatable bonds is 4. The molecule has 166 valence electrons. The number of ether oxygens (including phenoxy) is 1. The van der Waals surface area contributed by atoms with Gasteiger partial charge < -0.3 is 9.64 Å². The van der Waals surface area contributed by atoms with Crippen LogP contribution in [0.4, 0.5) is 18.0 Å². The predicted molar refractivity (Wildman–Crippen MR) is 106 cm³/mol. The molecule has 0 N–H and O–H groups in total. The van der Waals surface area contributed by atoms with Crippen molar-refractivity contribution in [3.63, 3.8) is 0 Å². The maximum absolute atomic E-state index is 13.3. The molecule has 1 aromatic heterocycles. The lowest BCUT2D eigenvalue weighted by Crippen LogP contribution is -2.34. The molecule has 3 atom stereocenters. The average molecular weight is 456 g/mol. The van der Waals surface area contributed by atoms with Crippen molar-refractivity contribution in [1.29, 1.82) is 0 Å². The first kappa shape index (κ1) is 21.8. The molecule has 1 aliphatic carbocycles. The molecular weight excluding hydrogens is 435 g/mol. The summed E-state index contributed by atoms with van der Waals surface area (Å²) in [5.74, 6) is 0.231. The third-order valence-electron chi connectivity index (χ3n) is 5.98. The van der Waals surface area contributed by atoms with Gasteiger partial charge in [-0.25, -0.2) is 4.79 Å². The minimum absolute atomic E-state index is 0.0221.